The van der Waals surface area contributed by atoms with Crippen LogP contribution in [0.5, 0.6) is 5.75 Å². The number of hydrogen-bond donors (Lipinski definition) is 0. The van der Waals surface area contributed by atoms with Gasteiger partial charge in [-0.15, -0.1) is 0 Å². The molecule has 0 saturated heterocycles. The van der Waals surface area contributed by atoms with E-state index in [0.717, 1.165) is 42.0 Å². The molecular formula is C29H38N2O. The van der Waals surface area contributed by atoms with Gasteiger partial charge in [0.15, 0.2) is 0 Å². The first-order valence-electron chi connectivity index (χ1n) is 11.8. The van der Waals surface area contributed by atoms with Crippen molar-refractivity contribution >= 4 is 0 Å². The van der Waals surface area contributed by atoms with Crippen LogP contribution in [-0.2, 0) is 19.4 Å². The lowest BCUT2D eigenvalue weighted by Crippen LogP contribution is -2.28. The van der Waals surface area contributed by atoms with E-state index in [9.17, 15) is 0 Å². The molecule has 0 bridgehead atoms. The number of nitrogens with zero attached hydrogens (tertiary/aromatic N) is 2. The zero-order valence-electron chi connectivity index (χ0n) is 20.8. The van der Waals surface area contributed by atoms with Crippen molar-refractivity contribution in [2.75, 3.05) is 14.2 Å². The molecule has 0 aliphatic heterocycles. The highest BCUT2D eigenvalue weighted by Crippen LogP contribution is 2.37. The number of aryl methyl sites for hydroxylation is 2. The lowest BCUT2D eigenvalue weighted by molar-refractivity contribution is 0.184. The number of ether oxygens (including phenoxy) is 1. The van der Waals surface area contributed by atoms with Crippen LogP contribution >= 0.6 is 0 Å². The fourth-order valence-corrected chi connectivity index (χ4v) is 5.01. The minimum absolute atomic E-state index is 0.327. The summed E-state index contributed by atoms with van der Waals surface area (Å²) < 4.78 is 5.97. The van der Waals surface area contributed by atoms with Crippen molar-refractivity contribution in [3.63, 3.8) is 0 Å². The van der Waals surface area contributed by atoms with Gasteiger partial charge in [-0.2, -0.15) is 0 Å². The van der Waals surface area contributed by atoms with Crippen LogP contribution < -0.4 is 4.74 Å². The van der Waals surface area contributed by atoms with Crippen molar-refractivity contribution in [3.8, 4) is 17.0 Å². The molecule has 2 aromatic carbocycles. The molecule has 32 heavy (non-hydrogen) atoms. The molecular weight excluding hydrogens is 392 g/mol. The van der Waals surface area contributed by atoms with Gasteiger partial charge in [0.1, 0.15) is 5.75 Å². The van der Waals surface area contributed by atoms with Crippen molar-refractivity contribution < 1.29 is 4.74 Å². The van der Waals surface area contributed by atoms with Gasteiger partial charge in [-0.1, -0.05) is 76.2 Å². The smallest absolute Gasteiger partial charge is 0.129 e. The van der Waals surface area contributed by atoms with Gasteiger partial charge in [0, 0.05) is 35.5 Å². The van der Waals surface area contributed by atoms with E-state index in [1.165, 1.54) is 22.3 Å². The first-order valence-corrected chi connectivity index (χ1v) is 11.8. The minimum Gasteiger partial charge on any atom is -0.496 e. The molecule has 0 aliphatic carbocycles. The number of rotatable bonds is 9. The van der Waals surface area contributed by atoms with Gasteiger partial charge in [-0.25, -0.2) is 0 Å². The first-order chi connectivity index (χ1) is 15.4. The highest BCUT2D eigenvalue weighted by atomic mass is 16.5. The Morgan fingerprint density at radius 2 is 1.53 bits per heavy atom. The molecule has 1 heterocycles. The molecule has 0 saturated carbocycles. The predicted octanol–water partition coefficient (Wildman–Crippen LogP) is 7.02. The number of aromatic nitrogens is 1. The van der Waals surface area contributed by atoms with E-state index in [2.05, 4.69) is 95.1 Å². The second-order valence-electron chi connectivity index (χ2n) is 8.96. The first kappa shape index (κ1) is 24.0. The Bertz CT molecular complexity index is 1000. The molecule has 0 radical (unpaired) electrons. The molecule has 3 rings (SSSR count). The third-order valence-electron chi connectivity index (χ3n) is 6.44. The Balaban J connectivity index is 2.01. The van der Waals surface area contributed by atoms with Gasteiger partial charge in [-0.05, 0) is 49.4 Å². The van der Waals surface area contributed by atoms with E-state index in [4.69, 9.17) is 9.72 Å². The summed E-state index contributed by atoms with van der Waals surface area (Å²) in [6.07, 6.45) is 4.00. The van der Waals surface area contributed by atoms with Crippen LogP contribution in [0, 0.1) is 12.8 Å². The van der Waals surface area contributed by atoms with Gasteiger partial charge in [0.05, 0.1) is 12.8 Å². The van der Waals surface area contributed by atoms with Crippen molar-refractivity contribution in [1.29, 1.82) is 0 Å². The standard InChI is InChI=1S/C29H38N2O/c1-8-22-16-13-17-23(9-2)26(22)27-21(5)29(32-7)25(18-30-27)19-31(6)28(20(3)4)24-14-11-10-12-15-24/h10-18,20,28H,8-9,19H2,1-7H3. The maximum Gasteiger partial charge on any atom is 0.129 e. The SMILES string of the molecule is CCc1cccc(CC)c1-c1ncc(CN(C)C(c2ccccc2)C(C)C)c(OC)c1C. The van der Waals surface area contributed by atoms with E-state index < -0.39 is 0 Å². The Kier molecular flexibility index (Phi) is 8.09. The highest BCUT2D eigenvalue weighted by molar-refractivity contribution is 5.73. The summed E-state index contributed by atoms with van der Waals surface area (Å²) in [5, 5.41) is 0. The fraction of sp³-hybridized carbons (Fsp3) is 0.414. The van der Waals surface area contributed by atoms with Crippen LogP contribution in [0.2, 0.25) is 0 Å². The number of methoxy groups -OCH3 is 1. The number of benzene rings is 2. The summed E-state index contributed by atoms with van der Waals surface area (Å²) in [6, 6.07) is 17.7. The zero-order valence-corrected chi connectivity index (χ0v) is 20.8. The van der Waals surface area contributed by atoms with Gasteiger partial charge >= 0.3 is 0 Å². The molecule has 1 atom stereocenters. The Morgan fingerprint density at radius 3 is 2.06 bits per heavy atom. The number of pyridine rings is 1. The summed E-state index contributed by atoms with van der Waals surface area (Å²) in [7, 11) is 3.97. The average Bonchev–Trinajstić information content (AvgIpc) is 2.79. The van der Waals surface area contributed by atoms with E-state index in [-0.39, 0.29) is 0 Å². The molecule has 1 unspecified atom stereocenters. The molecule has 0 fully saturated rings. The molecule has 0 aliphatic rings. The molecule has 0 spiro atoms. The highest BCUT2D eigenvalue weighted by Gasteiger charge is 2.24. The van der Waals surface area contributed by atoms with E-state index in [0.29, 0.717) is 12.0 Å². The molecule has 3 heteroatoms. The van der Waals surface area contributed by atoms with Gasteiger partial charge in [0.2, 0.25) is 0 Å². The molecule has 1 aromatic heterocycles. The summed E-state index contributed by atoms with van der Waals surface area (Å²) in [5.74, 6) is 1.44. The Labute approximate surface area is 194 Å². The van der Waals surface area contributed by atoms with Gasteiger partial charge in [-0.3, -0.25) is 9.88 Å². The van der Waals surface area contributed by atoms with Crippen molar-refractivity contribution in [2.45, 2.75) is 60.0 Å². The molecule has 0 N–H and O–H groups in total. The minimum atomic E-state index is 0.327. The fourth-order valence-electron chi connectivity index (χ4n) is 5.01. The summed E-state index contributed by atoms with van der Waals surface area (Å²) >= 11 is 0. The van der Waals surface area contributed by atoms with Crippen LogP contribution in [0.25, 0.3) is 11.3 Å². The Hall–Kier alpha value is -2.65. The lowest BCUT2D eigenvalue weighted by atomic mass is 9.91. The van der Waals surface area contributed by atoms with Crippen LogP contribution in [0.3, 0.4) is 0 Å². The maximum absolute atomic E-state index is 5.97. The summed E-state index contributed by atoms with van der Waals surface area (Å²) in [4.78, 5) is 7.41. The normalized spacial score (nSPS) is 12.4. The van der Waals surface area contributed by atoms with Crippen molar-refractivity contribution in [1.82, 2.24) is 9.88 Å². The molecule has 0 amide bonds. The maximum atomic E-state index is 5.97. The zero-order chi connectivity index (χ0) is 23.3. The van der Waals surface area contributed by atoms with Gasteiger partial charge < -0.3 is 4.74 Å². The van der Waals surface area contributed by atoms with Gasteiger partial charge in [0.25, 0.3) is 0 Å². The largest absolute Gasteiger partial charge is 0.496 e. The van der Waals surface area contributed by atoms with E-state index in [1.54, 1.807) is 7.11 Å². The predicted molar refractivity (Wildman–Crippen MR) is 135 cm³/mol. The third kappa shape index (κ3) is 4.88. The second kappa shape index (κ2) is 10.8. The Morgan fingerprint density at radius 1 is 0.906 bits per heavy atom. The number of hydrogen-bond acceptors (Lipinski definition) is 3. The van der Waals surface area contributed by atoms with Crippen LogP contribution in [0.1, 0.15) is 61.6 Å². The van der Waals surface area contributed by atoms with Crippen LogP contribution in [-0.4, -0.2) is 24.0 Å². The summed E-state index contributed by atoms with van der Waals surface area (Å²) in [6.45, 7) is 11.9. The van der Waals surface area contributed by atoms with Crippen molar-refractivity contribution in [3.05, 3.63) is 82.5 Å². The monoisotopic (exact) mass is 430 g/mol. The molecule has 3 aromatic rings. The quantitative estimate of drug-likeness (QED) is 0.365. The lowest BCUT2D eigenvalue weighted by Gasteiger charge is -2.32. The average molecular weight is 431 g/mol. The summed E-state index contributed by atoms with van der Waals surface area (Å²) in [5.41, 5.74) is 8.60. The van der Waals surface area contributed by atoms with E-state index >= 15 is 0 Å². The topological polar surface area (TPSA) is 25.4 Å². The molecule has 3 nitrogen and oxygen atoms in total. The third-order valence-corrected chi connectivity index (χ3v) is 6.44. The van der Waals surface area contributed by atoms with Crippen LogP contribution in [0.4, 0.5) is 0 Å². The van der Waals surface area contributed by atoms with Crippen LogP contribution in [0.15, 0.2) is 54.7 Å². The second-order valence-corrected chi connectivity index (χ2v) is 8.96. The van der Waals surface area contributed by atoms with E-state index in [1.807, 2.05) is 6.20 Å². The van der Waals surface area contributed by atoms with Crippen molar-refractivity contribution in [2.24, 2.45) is 5.92 Å². The molecule has 170 valence electrons.